The first kappa shape index (κ1) is 18.9. The second kappa shape index (κ2) is 7.82. The van der Waals surface area contributed by atoms with Gasteiger partial charge in [-0.2, -0.15) is 0 Å². The van der Waals surface area contributed by atoms with Gasteiger partial charge in [0.15, 0.2) is 0 Å². The Morgan fingerprint density at radius 2 is 2.08 bits per heavy atom. The minimum atomic E-state index is -0.556. The topological polar surface area (TPSA) is 46.6 Å². The molecule has 0 bridgehead atoms. The lowest BCUT2D eigenvalue weighted by Gasteiger charge is -2.14. The Balaban J connectivity index is 1.86. The van der Waals surface area contributed by atoms with E-state index in [1.807, 2.05) is 0 Å². The number of thioether (sulfide) groups is 1. The summed E-state index contributed by atoms with van der Waals surface area (Å²) in [6.07, 6.45) is 1.61. The fraction of sp³-hybridized carbons (Fsp3) is 0.111. The molecule has 1 heterocycles. The Kier molecular flexibility index (Phi) is 5.70. The molecule has 1 aliphatic rings. The number of hydrogen-bond acceptors (Lipinski definition) is 4. The van der Waals surface area contributed by atoms with Crippen molar-refractivity contribution in [3.8, 4) is 5.75 Å². The summed E-state index contributed by atoms with van der Waals surface area (Å²) in [7, 11) is 1.55. The molecule has 0 radical (unpaired) electrons. The van der Waals surface area contributed by atoms with Crippen LogP contribution in [0.4, 0.5) is 9.18 Å². The summed E-state index contributed by atoms with van der Waals surface area (Å²) in [5.41, 5.74) is 0.844. The molecule has 0 unspecified atom stereocenters. The van der Waals surface area contributed by atoms with Gasteiger partial charge in [0.1, 0.15) is 11.6 Å². The van der Waals surface area contributed by atoms with Crippen molar-refractivity contribution in [3.05, 3.63) is 67.7 Å². The summed E-state index contributed by atoms with van der Waals surface area (Å²) in [6, 6.07) is 9.52. The van der Waals surface area contributed by atoms with Crippen LogP contribution in [-0.4, -0.2) is 23.2 Å². The summed E-state index contributed by atoms with van der Waals surface area (Å²) in [6.45, 7) is -0.209. The number of amides is 2. The van der Waals surface area contributed by atoms with Gasteiger partial charge < -0.3 is 4.74 Å². The molecule has 1 saturated heterocycles. The molecule has 1 fully saturated rings. The highest BCUT2D eigenvalue weighted by Gasteiger charge is 2.35. The van der Waals surface area contributed by atoms with Crippen molar-refractivity contribution in [2.24, 2.45) is 0 Å². The monoisotopic (exact) mass is 455 g/mol. The van der Waals surface area contributed by atoms with E-state index in [9.17, 15) is 14.0 Å². The van der Waals surface area contributed by atoms with Crippen LogP contribution in [0.3, 0.4) is 0 Å². The van der Waals surface area contributed by atoms with Crippen molar-refractivity contribution in [2.45, 2.75) is 6.54 Å². The lowest BCUT2D eigenvalue weighted by atomic mass is 10.2. The van der Waals surface area contributed by atoms with E-state index in [1.54, 1.807) is 31.4 Å². The van der Waals surface area contributed by atoms with Crippen molar-refractivity contribution in [1.29, 1.82) is 0 Å². The van der Waals surface area contributed by atoms with Crippen LogP contribution in [0.15, 0.2) is 45.8 Å². The van der Waals surface area contributed by atoms with E-state index >= 15 is 0 Å². The second-order valence-corrected chi connectivity index (χ2v) is 7.62. The minimum absolute atomic E-state index is 0.116. The molecule has 0 aromatic heterocycles. The van der Waals surface area contributed by atoms with Crippen LogP contribution in [0, 0.1) is 5.82 Å². The van der Waals surface area contributed by atoms with Crippen LogP contribution in [0.1, 0.15) is 11.1 Å². The summed E-state index contributed by atoms with van der Waals surface area (Å²) in [5, 5.41) is -0.291. The van der Waals surface area contributed by atoms with Gasteiger partial charge in [0.2, 0.25) is 0 Å². The summed E-state index contributed by atoms with van der Waals surface area (Å²) >= 11 is 10.2. The Bertz CT molecular complexity index is 914. The predicted molar refractivity (Wildman–Crippen MR) is 104 cm³/mol. The number of nitrogens with zero attached hydrogens (tertiary/aromatic N) is 1. The van der Waals surface area contributed by atoms with Gasteiger partial charge in [-0.1, -0.05) is 23.7 Å². The molecule has 134 valence electrons. The molecule has 0 saturated carbocycles. The SMILES string of the molecule is COc1ccc(/C=C2\SC(=O)N(Cc3c(F)cccc3Cl)C2=O)cc1Br. The lowest BCUT2D eigenvalue weighted by molar-refractivity contribution is -0.123. The second-order valence-electron chi connectivity index (χ2n) is 5.36. The van der Waals surface area contributed by atoms with Crippen LogP contribution in [0.5, 0.6) is 5.75 Å². The Morgan fingerprint density at radius 1 is 1.31 bits per heavy atom. The van der Waals surface area contributed by atoms with Crippen molar-refractivity contribution >= 4 is 56.5 Å². The Labute approximate surface area is 167 Å². The van der Waals surface area contributed by atoms with Crippen molar-refractivity contribution < 1.29 is 18.7 Å². The summed E-state index contributed by atoms with van der Waals surface area (Å²) in [5.74, 6) is -0.379. The predicted octanol–water partition coefficient (Wildman–Crippen LogP) is 5.49. The molecule has 2 aromatic rings. The minimum Gasteiger partial charge on any atom is -0.496 e. The van der Waals surface area contributed by atoms with Gasteiger partial charge in [-0.25, -0.2) is 4.39 Å². The maximum absolute atomic E-state index is 13.9. The zero-order valence-corrected chi connectivity index (χ0v) is 16.6. The summed E-state index contributed by atoms with van der Waals surface area (Å²) in [4.78, 5) is 26.0. The molecule has 0 N–H and O–H groups in total. The van der Waals surface area contributed by atoms with E-state index in [0.717, 1.165) is 26.7 Å². The van der Waals surface area contributed by atoms with Crippen LogP contribution in [-0.2, 0) is 11.3 Å². The largest absolute Gasteiger partial charge is 0.496 e. The molecule has 8 heteroatoms. The number of halogens is 3. The van der Waals surface area contributed by atoms with E-state index in [2.05, 4.69) is 15.9 Å². The van der Waals surface area contributed by atoms with E-state index in [0.29, 0.717) is 5.75 Å². The number of methoxy groups -OCH3 is 1. The van der Waals surface area contributed by atoms with Gasteiger partial charge in [-0.15, -0.1) is 0 Å². The number of carbonyl (C=O) groups excluding carboxylic acids is 2. The fourth-order valence-electron chi connectivity index (χ4n) is 2.40. The molecular formula is C18H12BrClFNO3S. The van der Waals surface area contributed by atoms with Gasteiger partial charge in [-0.05, 0) is 63.6 Å². The maximum Gasteiger partial charge on any atom is 0.293 e. The first-order valence-electron chi connectivity index (χ1n) is 7.42. The van der Waals surface area contributed by atoms with E-state index < -0.39 is 17.0 Å². The van der Waals surface area contributed by atoms with Crippen molar-refractivity contribution in [2.75, 3.05) is 7.11 Å². The Hall–Kier alpha value is -1.83. The fourth-order valence-corrected chi connectivity index (χ4v) is 4.02. The number of hydrogen-bond donors (Lipinski definition) is 0. The average Bonchev–Trinajstić information content (AvgIpc) is 2.85. The quantitative estimate of drug-likeness (QED) is 0.571. The van der Waals surface area contributed by atoms with Crippen molar-refractivity contribution in [1.82, 2.24) is 4.90 Å². The highest BCUT2D eigenvalue weighted by atomic mass is 79.9. The summed E-state index contributed by atoms with van der Waals surface area (Å²) < 4.78 is 19.8. The highest BCUT2D eigenvalue weighted by molar-refractivity contribution is 9.10. The molecule has 0 aliphatic carbocycles. The van der Waals surface area contributed by atoms with E-state index in [1.165, 1.54) is 18.2 Å². The highest BCUT2D eigenvalue weighted by Crippen LogP contribution is 2.35. The molecular weight excluding hydrogens is 445 g/mol. The first-order valence-corrected chi connectivity index (χ1v) is 9.41. The van der Waals surface area contributed by atoms with Gasteiger partial charge in [0.05, 0.1) is 23.0 Å². The molecule has 26 heavy (non-hydrogen) atoms. The zero-order valence-electron chi connectivity index (χ0n) is 13.5. The van der Waals surface area contributed by atoms with Crippen LogP contribution in [0.2, 0.25) is 5.02 Å². The molecule has 0 spiro atoms. The van der Waals surface area contributed by atoms with Gasteiger partial charge >= 0.3 is 0 Å². The number of benzene rings is 2. The number of imide groups is 1. The molecule has 2 amide bonds. The molecule has 3 rings (SSSR count). The number of carbonyl (C=O) groups is 2. The van der Waals surface area contributed by atoms with Gasteiger partial charge in [-0.3, -0.25) is 14.5 Å². The smallest absolute Gasteiger partial charge is 0.293 e. The first-order chi connectivity index (χ1) is 12.4. The molecule has 4 nitrogen and oxygen atoms in total. The average molecular weight is 457 g/mol. The molecule has 1 aliphatic heterocycles. The van der Waals surface area contributed by atoms with Crippen LogP contribution in [0.25, 0.3) is 6.08 Å². The van der Waals surface area contributed by atoms with E-state index in [-0.39, 0.29) is 22.0 Å². The third-order valence-corrected chi connectivity index (χ3v) is 5.61. The van der Waals surface area contributed by atoms with E-state index in [4.69, 9.17) is 16.3 Å². The standard InChI is InChI=1S/C18H12BrClFNO3S/c1-25-15-6-5-10(7-12(15)19)8-16-17(23)22(18(24)26-16)9-11-13(20)3-2-4-14(11)21/h2-8H,9H2,1H3/b16-8-. The number of ether oxygens (including phenoxy) is 1. The lowest BCUT2D eigenvalue weighted by Crippen LogP contribution is -2.28. The van der Waals surface area contributed by atoms with Gasteiger partial charge in [0, 0.05) is 10.6 Å². The zero-order chi connectivity index (χ0) is 18.8. The normalized spacial score (nSPS) is 15.8. The molecule has 0 atom stereocenters. The third-order valence-electron chi connectivity index (χ3n) is 3.73. The van der Waals surface area contributed by atoms with Gasteiger partial charge in [0.25, 0.3) is 11.1 Å². The van der Waals surface area contributed by atoms with Crippen molar-refractivity contribution in [3.63, 3.8) is 0 Å². The maximum atomic E-state index is 13.9. The third kappa shape index (κ3) is 3.79. The Morgan fingerprint density at radius 3 is 2.73 bits per heavy atom. The molecule has 2 aromatic carbocycles. The van der Waals surface area contributed by atoms with Crippen LogP contribution < -0.4 is 4.74 Å². The van der Waals surface area contributed by atoms with Crippen LogP contribution >= 0.6 is 39.3 Å². The number of rotatable bonds is 4.